The highest BCUT2D eigenvalue weighted by Crippen LogP contribution is 2.42. The van der Waals surface area contributed by atoms with Crippen molar-refractivity contribution in [2.45, 2.75) is 43.4 Å². The van der Waals surface area contributed by atoms with Crippen molar-refractivity contribution in [2.75, 3.05) is 6.61 Å². The third-order valence-corrected chi connectivity index (χ3v) is 6.11. The van der Waals surface area contributed by atoms with Crippen LogP contribution in [0.1, 0.15) is 30.5 Å². The number of hydrogen-bond acceptors (Lipinski definition) is 3. The van der Waals surface area contributed by atoms with Crippen LogP contribution in [0.3, 0.4) is 0 Å². The molecule has 156 valence electrons. The molecular formula is C26H27FO3. The van der Waals surface area contributed by atoms with Crippen LogP contribution in [0.2, 0.25) is 0 Å². The van der Waals surface area contributed by atoms with Gasteiger partial charge >= 0.3 is 0 Å². The number of halogens is 1. The molecule has 1 saturated heterocycles. The Bertz CT molecular complexity index is 847. The third-order valence-electron chi connectivity index (χ3n) is 6.11. The van der Waals surface area contributed by atoms with Gasteiger partial charge in [-0.3, -0.25) is 0 Å². The summed E-state index contributed by atoms with van der Waals surface area (Å²) in [7, 11) is 0. The molecule has 3 nitrogen and oxygen atoms in total. The largest absolute Gasteiger partial charge is 0.387 e. The first-order chi connectivity index (χ1) is 14.5. The molecule has 0 amide bonds. The van der Waals surface area contributed by atoms with E-state index in [1.165, 1.54) is 6.92 Å². The van der Waals surface area contributed by atoms with Crippen LogP contribution in [0.5, 0.6) is 0 Å². The summed E-state index contributed by atoms with van der Waals surface area (Å²) in [5, 5.41) is 10.5. The van der Waals surface area contributed by atoms with Gasteiger partial charge in [0.05, 0.1) is 12.7 Å². The van der Waals surface area contributed by atoms with Gasteiger partial charge in [-0.25, -0.2) is 4.39 Å². The number of ether oxygens (including phenoxy) is 2. The van der Waals surface area contributed by atoms with E-state index in [4.69, 9.17) is 9.47 Å². The van der Waals surface area contributed by atoms with E-state index in [9.17, 15) is 9.50 Å². The molecule has 0 unspecified atom stereocenters. The molecule has 0 spiro atoms. The quantitative estimate of drug-likeness (QED) is 0.594. The summed E-state index contributed by atoms with van der Waals surface area (Å²) in [4.78, 5) is 0. The Morgan fingerprint density at radius 2 is 1.27 bits per heavy atom. The SMILES string of the molecule is C[C@@H]1O[C@H](COC(c2ccccc2)(c2ccccc2)c2ccccc2)[C@@H](O)[C@@]1(C)F. The fraction of sp³-hybridized carbons (Fsp3) is 0.308. The van der Waals surface area contributed by atoms with Crippen molar-refractivity contribution in [3.8, 4) is 0 Å². The fourth-order valence-corrected chi connectivity index (χ4v) is 4.18. The average Bonchev–Trinajstić information content (AvgIpc) is 2.99. The number of alkyl halides is 1. The molecule has 0 radical (unpaired) electrons. The number of aliphatic hydroxyl groups is 1. The summed E-state index contributed by atoms with van der Waals surface area (Å²) >= 11 is 0. The lowest BCUT2D eigenvalue weighted by Crippen LogP contribution is -2.43. The van der Waals surface area contributed by atoms with E-state index < -0.39 is 29.6 Å². The van der Waals surface area contributed by atoms with Crippen molar-refractivity contribution in [2.24, 2.45) is 0 Å². The fourth-order valence-electron chi connectivity index (χ4n) is 4.18. The van der Waals surface area contributed by atoms with E-state index in [-0.39, 0.29) is 6.61 Å². The van der Waals surface area contributed by atoms with Crippen molar-refractivity contribution < 1.29 is 19.0 Å². The lowest BCUT2D eigenvalue weighted by atomic mass is 9.80. The summed E-state index contributed by atoms with van der Waals surface area (Å²) < 4.78 is 27.2. The Hall–Kier alpha value is -2.53. The molecule has 1 N–H and O–H groups in total. The minimum absolute atomic E-state index is 0.0453. The Morgan fingerprint density at radius 3 is 1.60 bits per heavy atom. The summed E-state index contributed by atoms with van der Waals surface area (Å²) in [5.41, 5.74) is 0.108. The monoisotopic (exact) mass is 406 g/mol. The second kappa shape index (κ2) is 8.31. The number of benzene rings is 3. The lowest BCUT2D eigenvalue weighted by molar-refractivity contribution is -0.0803. The minimum Gasteiger partial charge on any atom is -0.387 e. The molecule has 4 atom stereocenters. The summed E-state index contributed by atoms with van der Waals surface area (Å²) in [5.74, 6) is 0. The van der Waals surface area contributed by atoms with Crippen LogP contribution in [0.4, 0.5) is 4.39 Å². The standard InChI is InChI=1S/C26H27FO3/c1-19-25(2,27)24(28)23(30-19)18-29-26(20-12-6-3-7-13-20,21-14-8-4-9-15-21)22-16-10-5-11-17-22/h3-17,19,23-24,28H,18H2,1-2H3/t19-,23+,24+,25-/m0/s1. The zero-order valence-electron chi connectivity index (χ0n) is 17.2. The maximum Gasteiger partial charge on any atom is 0.162 e. The van der Waals surface area contributed by atoms with Crippen molar-refractivity contribution in [3.05, 3.63) is 108 Å². The van der Waals surface area contributed by atoms with Crippen molar-refractivity contribution in [1.29, 1.82) is 0 Å². The molecule has 1 aliphatic heterocycles. The minimum atomic E-state index is -1.82. The molecule has 0 bridgehead atoms. The molecule has 1 aliphatic rings. The van der Waals surface area contributed by atoms with Gasteiger partial charge in [-0.1, -0.05) is 91.0 Å². The van der Waals surface area contributed by atoms with Crippen LogP contribution in [0.15, 0.2) is 91.0 Å². The predicted molar refractivity (Wildman–Crippen MR) is 115 cm³/mol. The maximum atomic E-state index is 14.8. The highest BCUT2D eigenvalue weighted by molar-refractivity contribution is 5.47. The number of hydrogen-bond donors (Lipinski definition) is 1. The molecule has 0 aromatic heterocycles. The zero-order valence-corrected chi connectivity index (χ0v) is 17.2. The van der Waals surface area contributed by atoms with Gasteiger partial charge < -0.3 is 14.6 Å². The smallest absolute Gasteiger partial charge is 0.162 e. The number of aliphatic hydroxyl groups excluding tert-OH is 1. The first-order valence-electron chi connectivity index (χ1n) is 10.3. The molecule has 1 heterocycles. The molecule has 4 rings (SSSR count). The highest BCUT2D eigenvalue weighted by Gasteiger charge is 2.52. The van der Waals surface area contributed by atoms with Gasteiger partial charge in [0.2, 0.25) is 0 Å². The number of rotatable bonds is 6. The predicted octanol–water partition coefficient (Wildman–Crippen LogP) is 4.87. The Morgan fingerprint density at radius 1 is 0.867 bits per heavy atom. The van der Waals surface area contributed by atoms with E-state index >= 15 is 0 Å². The summed E-state index contributed by atoms with van der Waals surface area (Å²) in [6.45, 7) is 3.06. The van der Waals surface area contributed by atoms with E-state index in [0.29, 0.717) is 0 Å². The normalized spacial score (nSPS) is 26.6. The molecule has 3 aromatic carbocycles. The van der Waals surface area contributed by atoms with Crippen LogP contribution < -0.4 is 0 Å². The van der Waals surface area contributed by atoms with Gasteiger partial charge in [-0.15, -0.1) is 0 Å². The second-order valence-electron chi connectivity index (χ2n) is 8.00. The van der Waals surface area contributed by atoms with E-state index in [1.54, 1.807) is 6.92 Å². The topological polar surface area (TPSA) is 38.7 Å². The zero-order chi connectivity index (χ0) is 21.2. The average molecular weight is 406 g/mol. The molecule has 1 fully saturated rings. The van der Waals surface area contributed by atoms with Crippen molar-refractivity contribution >= 4 is 0 Å². The van der Waals surface area contributed by atoms with E-state index in [1.807, 2.05) is 91.0 Å². The second-order valence-corrected chi connectivity index (χ2v) is 8.00. The summed E-state index contributed by atoms with van der Waals surface area (Å²) in [6, 6.07) is 29.9. The van der Waals surface area contributed by atoms with Crippen LogP contribution in [-0.2, 0) is 15.1 Å². The van der Waals surface area contributed by atoms with Gasteiger partial charge in [0.15, 0.2) is 5.67 Å². The molecule has 3 aromatic rings. The molecule has 0 aliphatic carbocycles. The maximum absolute atomic E-state index is 14.8. The highest BCUT2D eigenvalue weighted by atomic mass is 19.1. The molecular weight excluding hydrogens is 379 g/mol. The van der Waals surface area contributed by atoms with Crippen LogP contribution in [0, 0.1) is 0 Å². The van der Waals surface area contributed by atoms with Crippen molar-refractivity contribution in [1.82, 2.24) is 0 Å². The Labute approximate surface area is 177 Å². The first-order valence-corrected chi connectivity index (χ1v) is 10.3. The molecule has 30 heavy (non-hydrogen) atoms. The van der Waals surface area contributed by atoms with Gasteiger partial charge in [-0.2, -0.15) is 0 Å². The first kappa shape index (κ1) is 20.7. The van der Waals surface area contributed by atoms with Gasteiger partial charge in [0.25, 0.3) is 0 Å². The van der Waals surface area contributed by atoms with Gasteiger partial charge in [-0.05, 0) is 30.5 Å². The van der Waals surface area contributed by atoms with Crippen LogP contribution in [-0.4, -0.2) is 35.7 Å². The van der Waals surface area contributed by atoms with Crippen LogP contribution >= 0.6 is 0 Å². The van der Waals surface area contributed by atoms with Gasteiger partial charge in [0, 0.05) is 0 Å². The van der Waals surface area contributed by atoms with E-state index in [2.05, 4.69) is 0 Å². The molecule has 0 saturated carbocycles. The van der Waals surface area contributed by atoms with E-state index in [0.717, 1.165) is 16.7 Å². The molecule has 4 heteroatoms. The summed E-state index contributed by atoms with van der Waals surface area (Å²) in [6.07, 6.45) is -2.72. The Balaban J connectivity index is 1.80. The van der Waals surface area contributed by atoms with Gasteiger partial charge in [0.1, 0.15) is 17.8 Å². The Kier molecular flexibility index (Phi) is 5.74. The van der Waals surface area contributed by atoms with Crippen LogP contribution in [0.25, 0.3) is 0 Å². The van der Waals surface area contributed by atoms with Crippen molar-refractivity contribution in [3.63, 3.8) is 0 Å². The lowest BCUT2D eigenvalue weighted by Gasteiger charge is -2.37. The third kappa shape index (κ3) is 3.56.